The van der Waals surface area contributed by atoms with Gasteiger partial charge in [0, 0.05) is 31.0 Å². The van der Waals surface area contributed by atoms with Crippen LogP contribution in [-0.4, -0.2) is 30.1 Å². The van der Waals surface area contributed by atoms with Crippen molar-refractivity contribution in [2.24, 2.45) is 0 Å². The molecule has 1 heterocycles. The first kappa shape index (κ1) is 15.5. The number of para-hydroxylation sites is 2. The van der Waals surface area contributed by atoms with Crippen molar-refractivity contribution in [3.63, 3.8) is 0 Å². The molecule has 0 aliphatic carbocycles. The van der Waals surface area contributed by atoms with Crippen molar-refractivity contribution >= 4 is 22.8 Å². The van der Waals surface area contributed by atoms with Crippen molar-refractivity contribution < 1.29 is 14.0 Å². The molecule has 0 spiro atoms. The highest BCUT2D eigenvalue weighted by atomic mass is 16.5. The Kier molecular flexibility index (Phi) is 4.40. The van der Waals surface area contributed by atoms with Crippen molar-refractivity contribution in [1.82, 2.24) is 15.4 Å². The van der Waals surface area contributed by atoms with Crippen LogP contribution in [0, 0.1) is 17.0 Å². The number of carbonyl (C=O) groups excluding carboxylic acids is 2. The number of hydrogen-bond donors (Lipinski definition) is 2. The van der Waals surface area contributed by atoms with E-state index in [0.717, 1.165) is 0 Å². The minimum atomic E-state index is -0.688. The molecule has 1 aromatic carbocycles. The molecule has 2 rings (SSSR count). The molecule has 0 fully saturated rings. The number of nitrogens with one attached hydrogen (secondary N) is 2. The Morgan fingerprint density at radius 1 is 1.32 bits per heavy atom. The Balaban J connectivity index is 2.37. The van der Waals surface area contributed by atoms with Crippen LogP contribution in [0.1, 0.15) is 22.6 Å². The molecule has 0 atom stereocenters. The van der Waals surface area contributed by atoms with Crippen molar-refractivity contribution in [2.45, 2.75) is 13.3 Å². The van der Waals surface area contributed by atoms with E-state index in [1.165, 1.54) is 26.1 Å². The molecule has 0 radical (unpaired) electrons. The summed E-state index contributed by atoms with van der Waals surface area (Å²) in [7, 11) is 1.49. The monoisotopic (exact) mass is 304 g/mol. The first-order valence-electron chi connectivity index (χ1n) is 6.70. The largest absolute Gasteiger partial charge is 0.805 e. The van der Waals surface area contributed by atoms with Gasteiger partial charge in [0.15, 0.2) is 0 Å². The molecular formula is C14H16N4O4. The molecule has 8 heteroatoms. The van der Waals surface area contributed by atoms with Gasteiger partial charge in [-0.05, 0) is 13.0 Å². The van der Waals surface area contributed by atoms with Gasteiger partial charge in [-0.3, -0.25) is 9.59 Å². The number of hydrogen-bond acceptors (Lipinski definition) is 4. The van der Waals surface area contributed by atoms with Gasteiger partial charge in [0.2, 0.25) is 5.91 Å². The van der Waals surface area contributed by atoms with Crippen molar-refractivity contribution in [1.29, 1.82) is 0 Å². The number of aromatic nitrogens is 2. The number of carbonyl (C=O) groups is 2. The number of rotatable bonds is 4. The van der Waals surface area contributed by atoms with Gasteiger partial charge >= 0.3 is 11.6 Å². The third-order valence-electron chi connectivity index (χ3n) is 3.30. The van der Waals surface area contributed by atoms with Gasteiger partial charge < -0.3 is 20.6 Å². The zero-order valence-electron chi connectivity index (χ0n) is 12.3. The number of nitrogens with zero attached hydrogens (tertiary/aromatic N) is 2. The highest BCUT2D eigenvalue weighted by Crippen LogP contribution is 2.13. The maximum absolute atomic E-state index is 12.3. The van der Waals surface area contributed by atoms with E-state index in [0.29, 0.717) is 9.16 Å². The molecular weight excluding hydrogens is 288 g/mol. The summed E-state index contributed by atoms with van der Waals surface area (Å²) < 4.78 is 0.992. The van der Waals surface area contributed by atoms with E-state index in [1.807, 2.05) is 0 Å². The van der Waals surface area contributed by atoms with Crippen LogP contribution in [0.2, 0.25) is 0 Å². The smallest absolute Gasteiger partial charge is 0.346 e. The fourth-order valence-corrected chi connectivity index (χ4v) is 2.11. The lowest BCUT2D eigenvalue weighted by Crippen LogP contribution is -2.38. The molecule has 2 amide bonds. The van der Waals surface area contributed by atoms with Crippen LogP contribution >= 0.6 is 0 Å². The Morgan fingerprint density at radius 3 is 2.68 bits per heavy atom. The summed E-state index contributed by atoms with van der Waals surface area (Å²) in [6.07, 6.45) is 0.0884. The summed E-state index contributed by atoms with van der Waals surface area (Å²) in [6, 6.07) is 6.23. The summed E-state index contributed by atoms with van der Waals surface area (Å²) in [5.41, 5.74) is 0.0354. The molecule has 22 heavy (non-hydrogen) atoms. The summed E-state index contributed by atoms with van der Waals surface area (Å²) in [6.45, 7) is 1.48. The Morgan fingerprint density at radius 2 is 2.00 bits per heavy atom. The lowest BCUT2D eigenvalue weighted by atomic mass is 10.2. The van der Waals surface area contributed by atoms with Crippen LogP contribution in [0.5, 0.6) is 0 Å². The minimum absolute atomic E-state index is 0.00569. The normalized spacial score (nSPS) is 10.5. The standard InChI is InChI=1S/C14H16N4O4/c1-9-13(14(20)16-8-7-12(19)15-2)18(22)11-6-4-3-5-10(11)17(9)21/h3-6H,7-8H2,1-2H3,(H,15,19)(H,16,20). The third kappa shape index (κ3) is 2.76. The highest BCUT2D eigenvalue weighted by molar-refractivity contribution is 5.93. The molecule has 0 bridgehead atoms. The minimum Gasteiger partial charge on any atom is -0.805 e. The van der Waals surface area contributed by atoms with Crippen LogP contribution in [0.25, 0.3) is 11.0 Å². The first-order chi connectivity index (χ1) is 10.5. The second kappa shape index (κ2) is 6.25. The zero-order chi connectivity index (χ0) is 16.3. The third-order valence-corrected chi connectivity index (χ3v) is 3.30. The second-order valence-corrected chi connectivity index (χ2v) is 4.69. The van der Waals surface area contributed by atoms with E-state index in [-0.39, 0.29) is 41.3 Å². The summed E-state index contributed by atoms with van der Waals surface area (Å²) in [4.78, 5) is 35.6. The van der Waals surface area contributed by atoms with Crippen LogP contribution in [-0.2, 0) is 4.79 Å². The van der Waals surface area contributed by atoms with Gasteiger partial charge in [0.1, 0.15) is 5.52 Å². The van der Waals surface area contributed by atoms with E-state index >= 15 is 0 Å². The van der Waals surface area contributed by atoms with Gasteiger partial charge in [-0.1, -0.05) is 12.1 Å². The van der Waals surface area contributed by atoms with Crippen molar-refractivity contribution in [2.75, 3.05) is 13.6 Å². The van der Waals surface area contributed by atoms with Crippen LogP contribution in [0.15, 0.2) is 24.3 Å². The lowest BCUT2D eigenvalue weighted by molar-refractivity contribution is -0.468. The lowest BCUT2D eigenvalue weighted by Gasteiger charge is -2.16. The zero-order valence-corrected chi connectivity index (χ0v) is 12.3. The summed E-state index contributed by atoms with van der Waals surface area (Å²) in [5.74, 6) is -0.920. The van der Waals surface area contributed by atoms with E-state index < -0.39 is 5.91 Å². The average Bonchev–Trinajstić information content (AvgIpc) is 2.52. The molecule has 2 N–H and O–H groups in total. The summed E-state index contributed by atoms with van der Waals surface area (Å²) in [5, 5.41) is 17.0. The molecule has 0 saturated carbocycles. The van der Waals surface area contributed by atoms with Gasteiger partial charge in [0.25, 0.3) is 5.52 Å². The fourth-order valence-electron chi connectivity index (χ4n) is 2.11. The van der Waals surface area contributed by atoms with Gasteiger partial charge in [-0.2, -0.15) is 0 Å². The van der Waals surface area contributed by atoms with Gasteiger partial charge in [-0.15, -0.1) is 0 Å². The fraction of sp³-hybridized carbons (Fsp3) is 0.286. The maximum atomic E-state index is 12.3. The number of amides is 2. The Labute approximate surface area is 125 Å². The number of fused-ring (bicyclic) bond motifs is 1. The average molecular weight is 304 g/mol. The molecule has 0 aliphatic heterocycles. The second-order valence-electron chi connectivity index (χ2n) is 4.69. The highest BCUT2D eigenvalue weighted by Gasteiger charge is 2.26. The molecule has 0 saturated heterocycles. The Hall–Kier alpha value is -2.90. The van der Waals surface area contributed by atoms with E-state index in [4.69, 9.17) is 0 Å². The Bertz CT molecular complexity index is 797. The topological polar surface area (TPSA) is 109 Å². The predicted octanol–water partition coefficient (Wildman–Crippen LogP) is 0.0760. The number of benzene rings is 1. The SMILES string of the molecule is CNC(=O)CCNC(=O)c1c(C)n([O-])c2ccccc2[n+]1=O. The molecule has 1 aromatic heterocycles. The van der Waals surface area contributed by atoms with E-state index in [1.54, 1.807) is 12.1 Å². The van der Waals surface area contributed by atoms with Crippen molar-refractivity contribution in [3.8, 4) is 0 Å². The van der Waals surface area contributed by atoms with Crippen LogP contribution in [0.3, 0.4) is 0 Å². The van der Waals surface area contributed by atoms with Crippen LogP contribution in [0.4, 0.5) is 0 Å². The quantitative estimate of drug-likeness (QED) is 0.779. The summed E-state index contributed by atoms with van der Waals surface area (Å²) >= 11 is 0. The molecule has 0 aliphatic rings. The molecule has 0 unspecified atom stereocenters. The molecule has 2 aromatic rings. The van der Waals surface area contributed by atoms with Gasteiger partial charge in [0.05, 0.1) is 10.1 Å². The van der Waals surface area contributed by atoms with E-state index in [2.05, 4.69) is 10.6 Å². The predicted molar refractivity (Wildman–Crippen MR) is 79.8 cm³/mol. The van der Waals surface area contributed by atoms with Crippen molar-refractivity contribution in [3.05, 3.63) is 45.8 Å². The van der Waals surface area contributed by atoms with E-state index in [9.17, 15) is 19.7 Å². The molecule has 116 valence electrons. The maximum Gasteiger partial charge on any atom is 0.346 e. The van der Waals surface area contributed by atoms with Gasteiger partial charge in [-0.25, -0.2) is 0 Å². The first-order valence-corrected chi connectivity index (χ1v) is 6.70. The van der Waals surface area contributed by atoms with Crippen LogP contribution < -0.4 is 15.1 Å². The molecule has 8 nitrogen and oxygen atoms in total.